The Morgan fingerprint density at radius 1 is 1.43 bits per heavy atom. The topological polar surface area (TPSA) is 47.6 Å². The van der Waals surface area contributed by atoms with Gasteiger partial charge in [0, 0.05) is 5.88 Å². The molecule has 116 valence electrons. The maximum Gasteiger partial charge on any atom is 0.252 e. The molecule has 2 rings (SSSR count). The number of rotatable bonds is 4. The molecule has 7 heteroatoms. The lowest BCUT2D eigenvalue weighted by atomic mass is 10.1. The maximum atomic E-state index is 12.0. The number of thioether (sulfide) groups is 1. The van der Waals surface area contributed by atoms with Crippen LogP contribution < -0.4 is 10.9 Å². The second kappa shape index (κ2) is 7.40. The van der Waals surface area contributed by atoms with Crippen molar-refractivity contribution in [2.24, 2.45) is 0 Å². The fraction of sp³-hybridized carbons (Fsp3) is 0.500. The van der Waals surface area contributed by atoms with Gasteiger partial charge in [-0.25, -0.2) is 0 Å². The van der Waals surface area contributed by atoms with Crippen LogP contribution >= 0.6 is 24.4 Å². The Morgan fingerprint density at radius 2 is 2.19 bits per heavy atom. The highest BCUT2D eigenvalue weighted by molar-refractivity contribution is 8.10. The SMILES string of the molecule is Cc1ccc(NNC(=O)CN2CSC(S)N(C)C2)cc1C. The number of anilines is 1. The van der Waals surface area contributed by atoms with Crippen molar-refractivity contribution in [1.82, 2.24) is 15.2 Å². The van der Waals surface area contributed by atoms with E-state index in [1.54, 1.807) is 11.8 Å². The zero-order valence-electron chi connectivity index (χ0n) is 12.6. The summed E-state index contributed by atoms with van der Waals surface area (Å²) in [5, 5.41) is 0. The van der Waals surface area contributed by atoms with E-state index in [9.17, 15) is 4.79 Å². The molecule has 1 atom stereocenters. The number of carbonyl (C=O) groups is 1. The van der Waals surface area contributed by atoms with Crippen molar-refractivity contribution < 1.29 is 4.79 Å². The van der Waals surface area contributed by atoms with Gasteiger partial charge in [-0.3, -0.25) is 25.4 Å². The lowest BCUT2D eigenvalue weighted by molar-refractivity contribution is -0.122. The first-order chi connectivity index (χ1) is 9.95. The quantitative estimate of drug-likeness (QED) is 0.582. The third-order valence-electron chi connectivity index (χ3n) is 3.43. The number of amides is 1. The lowest BCUT2D eigenvalue weighted by Gasteiger charge is -2.36. The van der Waals surface area contributed by atoms with Crippen LogP contribution in [0.4, 0.5) is 5.69 Å². The minimum Gasteiger partial charge on any atom is -0.299 e. The maximum absolute atomic E-state index is 12.0. The minimum atomic E-state index is -0.0418. The van der Waals surface area contributed by atoms with Crippen LogP contribution in [0.5, 0.6) is 0 Å². The van der Waals surface area contributed by atoms with Crippen LogP contribution in [0.2, 0.25) is 0 Å². The number of aryl methyl sites for hydroxylation is 2. The Morgan fingerprint density at radius 3 is 2.86 bits per heavy atom. The van der Waals surface area contributed by atoms with Crippen molar-refractivity contribution >= 4 is 36.0 Å². The van der Waals surface area contributed by atoms with Gasteiger partial charge in [0.15, 0.2) is 0 Å². The molecule has 0 saturated carbocycles. The van der Waals surface area contributed by atoms with Gasteiger partial charge in [0.05, 0.1) is 18.9 Å². The molecule has 1 saturated heterocycles. The van der Waals surface area contributed by atoms with Crippen LogP contribution in [0.3, 0.4) is 0 Å². The van der Waals surface area contributed by atoms with Gasteiger partial charge in [0.2, 0.25) is 0 Å². The molecule has 1 aliphatic rings. The molecule has 0 spiro atoms. The Hall–Kier alpha value is -0.890. The molecule has 1 aromatic carbocycles. The van der Waals surface area contributed by atoms with E-state index in [0.29, 0.717) is 6.54 Å². The molecule has 1 amide bonds. The van der Waals surface area contributed by atoms with E-state index < -0.39 is 0 Å². The van der Waals surface area contributed by atoms with Gasteiger partial charge in [-0.15, -0.1) is 24.4 Å². The van der Waals surface area contributed by atoms with Crippen LogP contribution in [0, 0.1) is 13.8 Å². The van der Waals surface area contributed by atoms with Crippen molar-refractivity contribution in [1.29, 1.82) is 0 Å². The number of hydrogen-bond donors (Lipinski definition) is 3. The summed E-state index contributed by atoms with van der Waals surface area (Å²) in [5.74, 6) is 0.773. The molecule has 5 nitrogen and oxygen atoms in total. The number of thiol groups is 1. The Bertz CT molecular complexity index is 512. The first-order valence-electron chi connectivity index (χ1n) is 6.80. The minimum absolute atomic E-state index is 0.0418. The zero-order chi connectivity index (χ0) is 15.4. The second-order valence-electron chi connectivity index (χ2n) is 5.32. The summed E-state index contributed by atoms with van der Waals surface area (Å²) in [5.41, 5.74) is 9.03. The second-order valence-corrected chi connectivity index (χ2v) is 7.20. The monoisotopic (exact) mass is 326 g/mol. The Labute approximate surface area is 135 Å². The molecule has 21 heavy (non-hydrogen) atoms. The van der Waals surface area contributed by atoms with Gasteiger partial charge >= 0.3 is 0 Å². The molecule has 0 bridgehead atoms. The van der Waals surface area contributed by atoms with Gasteiger partial charge in [-0.2, -0.15) is 0 Å². The zero-order valence-corrected chi connectivity index (χ0v) is 14.3. The molecule has 0 aliphatic carbocycles. The number of benzene rings is 1. The molecule has 1 unspecified atom stereocenters. The predicted molar refractivity (Wildman–Crippen MR) is 92.2 cm³/mol. The number of nitrogens with one attached hydrogen (secondary N) is 2. The van der Waals surface area contributed by atoms with E-state index in [1.165, 1.54) is 11.1 Å². The number of carbonyl (C=O) groups excluding carboxylic acids is 1. The smallest absolute Gasteiger partial charge is 0.252 e. The first-order valence-corrected chi connectivity index (χ1v) is 8.36. The highest BCUT2D eigenvalue weighted by Crippen LogP contribution is 2.24. The molecular weight excluding hydrogens is 304 g/mol. The summed E-state index contributed by atoms with van der Waals surface area (Å²) in [6, 6.07) is 6.01. The number of hydrazine groups is 1. The van der Waals surface area contributed by atoms with Gasteiger partial charge < -0.3 is 0 Å². The van der Waals surface area contributed by atoms with Crippen LogP contribution in [0.1, 0.15) is 11.1 Å². The molecule has 0 aromatic heterocycles. The molecular formula is C14H22N4OS2. The van der Waals surface area contributed by atoms with E-state index in [2.05, 4.69) is 47.1 Å². The summed E-state index contributed by atoms with van der Waals surface area (Å²) in [4.78, 5) is 16.1. The summed E-state index contributed by atoms with van der Waals surface area (Å²) >= 11 is 6.15. The van der Waals surface area contributed by atoms with Gasteiger partial charge in [-0.1, -0.05) is 6.07 Å². The summed E-state index contributed by atoms with van der Waals surface area (Å²) in [6.45, 7) is 5.24. The molecule has 0 radical (unpaired) electrons. The fourth-order valence-corrected chi connectivity index (χ4v) is 3.14. The fourth-order valence-electron chi connectivity index (χ4n) is 2.02. The molecule has 1 aromatic rings. The third-order valence-corrected chi connectivity index (χ3v) is 5.44. The standard InChI is InChI=1S/C14H22N4OS2/c1-10-4-5-12(6-11(10)2)15-16-13(19)7-18-8-17(3)14(20)21-9-18/h4-6,14-15,20H,7-9H2,1-3H3,(H,16,19). The van der Waals surface area contributed by atoms with Crippen molar-refractivity contribution in [3.63, 3.8) is 0 Å². The average Bonchev–Trinajstić information content (AvgIpc) is 2.44. The van der Waals surface area contributed by atoms with Crippen molar-refractivity contribution in [2.75, 3.05) is 31.6 Å². The van der Waals surface area contributed by atoms with Crippen LogP contribution in [-0.4, -0.2) is 46.6 Å². The van der Waals surface area contributed by atoms with Gasteiger partial charge in [0.25, 0.3) is 5.91 Å². The summed E-state index contributed by atoms with van der Waals surface area (Å²) < 4.78 is 0.206. The highest BCUT2D eigenvalue weighted by Gasteiger charge is 2.22. The van der Waals surface area contributed by atoms with Crippen LogP contribution in [0.15, 0.2) is 18.2 Å². The molecule has 1 aliphatic heterocycles. The van der Waals surface area contributed by atoms with Crippen molar-refractivity contribution in [3.05, 3.63) is 29.3 Å². The van der Waals surface area contributed by atoms with E-state index >= 15 is 0 Å². The number of hydrogen-bond acceptors (Lipinski definition) is 6. The van der Waals surface area contributed by atoms with Gasteiger partial charge in [-0.05, 0) is 44.2 Å². The highest BCUT2D eigenvalue weighted by atomic mass is 32.2. The Kier molecular flexibility index (Phi) is 5.80. The van der Waals surface area contributed by atoms with E-state index in [4.69, 9.17) is 0 Å². The van der Waals surface area contributed by atoms with Crippen LogP contribution in [0.25, 0.3) is 0 Å². The normalized spacial score (nSPS) is 20.3. The first kappa shape index (κ1) is 16.5. The van der Waals surface area contributed by atoms with E-state index in [1.807, 2.05) is 25.2 Å². The summed E-state index contributed by atoms with van der Waals surface area (Å²) in [6.07, 6.45) is 0. The Balaban J connectivity index is 1.78. The third kappa shape index (κ3) is 4.81. The average molecular weight is 326 g/mol. The largest absolute Gasteiger partial charge is 0.299 e. The van der Waals surface area contributed by atoms with E-state index in [-0.39, 0.29) is 10.6 Å². The van der Waals surface area contributed by atoms with Crippen molar-refractivity contribution in [3.8, 4) is 0 Å². The molecule has 1 heterocycles. The van der Waals surface area contributed by atoms with Crippen molar-refractivity contribution in [2.45, 2.75) is 18.6 Å². The van der Waals surface area contributed by atoms with E-state index in [0.717, 1.165) is 18.2 Å². The predicted octanol–water partition coefficient (Wildman–Crippen LogP) is 1.86. The molecule has 2 N–H and O–H groups in total. The lowest BCUT2D eigenvalue weighted by Crippen LogP contribution is -2.48. The summed E-state index contributed by atoms with van der Waals surface area (Å²) in [7, 11) is 2.00. The number of nitrogens with zero attached hydrogens (tertiary/aromatic N) is 2. The molecule has 1 fully saturated rings. The van der Waals surface area contributed by atoms with Crippen LogP contribution in [-0.2, 0) is 4.79 Å². The van der Waals surface area contributed by atoms with Gasteiger partial charge in [0.1, 0.15) is 4.71 Å².